The Balaban J connectivity index is 1.79. The van der Waals surface area contributed by atoms with Gasteiger partial charge in [0.15, 0.2) is 0 Å². The van der Waals surface area contributed by atoms with Gasteiger partial charge in [-0.25, -0.2) is 4.79 Å². The van der Waals surface area contributed by atoms with E-state index in [-0.39, 0.29) is 12.1 Å². The first kappa shape index (κ1) is 12.1. The van der Waals surface area contributed by atoms with Crippen molar-refractivity contribution in [2.45, 2.75) is 25.9 Å². The lowest BCUT2D eigenvalue weighted by atomic mass is 10.3. The van der Waals surface area contributed by atoms with Gasteiger partial charge in [0.05, 0.1) is 6.61 Å². The molecule has 3 rings (SSSR count). The minimum absolute atomic E-state index is 0.0278. The van der Waals surface area contributed by atoms with Crippen LogP contribution in [-0.4, -0.2) is 41.6 Å². The Bertz CT molecular complexity index is 461. The van der Waals surface area contributed by atoms with Crippen molar-refractivity contribution >= 4 is 5.97 Å². The number of likely N-dealkylation sites (tertiary alicyclic amines) is 1. The fourth-order valence-corrected chi connectivity index (χ4v) is 2.70. The van der Waals surface area contributed by atoms with Crippen LogP contribution in [0.3, 0.4) is 0 Å². The zero-order chi connectivity index (χ0) is 13.2. The van der Waals surface area contributed by atoms with Crippen molar-refractivity contribution in [3.05, 3.63) is 35.9 Å². The summed E-state index contributed by atoms with van der Waals surface area (Å²) in [7, 11) is 0. The van der Waals surface area contributed by atoms with Crippen LogP contribution in [0.25, 0.3) is 0 Å². The van der Waals surface area contributed by atoms with Gasteiger partial charge in [0.1, 0.15) is 17.7 Å². The standard InChI is InChI=1S/C14H19N3O2/c1-2-19-14(18)11-10-17-12(15-11)6-5-7-13(17)16-8-3-4-9-16/h5-7,10,12,15H,2-4,8-9H2,1H3/t12-/m1/s1. The zero-order valence-electron chi connectivity index (χ0n) is 11.1. The summed E-state index contributed by atoms with van der Waals surface area (Å²) in [5.41, 5.74) is 0.531. The molecule has 0 bridgehead atoms. The number of fused-ring (bicyclic) bond motifs is 1. The van der Waals surface area contributed by atoms with E-state index in [2.05, 4.69) is 21.2 Å². The molecule has 3 heterocycles. The number of esters is 1. The zero-order valence-corrected chi connectivity index (χ0v) is 11.1. The van der Waals surface area contributed by atoms with E-state index in [0.29, 0.717) is 12.3 Å². The van der Waals surface area contributed by atoms with Crippen molar-refractivity contribution in [3.8, 4) is 0 Å². The van der Waals surface area contributed by atoms with E-state index in [0.717, 1.165) is 18.9 Å². The van der Waals surface area contributed by atoms with Gasteiger partial charge in [-0.1, -0.05) is 6.08 Å². The summed E-state index contributed by atoms with van der Waals surface area (Å²) in [6, 6.07) is 0. The van der Waals surface area contributed by atoms with Crippen LogP contribution < -0.4 is 5.32 Å². The van der Waals surface area contributed by atoms with Crippen molar-refractivity contribution in [2.24, 2.45) is 0 Å². The molecule has 1 N–H and O–H groups in total. The van der Waals surface area contributed by atoms with Crippen LogP contribution in [0.1, 0.15) is 19.8 Å². The number of carbonyl (C=O) groups excluding carboxylic acids is 1. The van der Waals surface area contributed by atoms with Crippen LogP contribution in [-0.2, 0) is 9.53 Å². The molecular weight excluding hydrogens is 242 g/mol. The third-order valence-electron chi connectivity index (χ3n) is 3.60. The highest BCUT2D eigenvalue weighted by atomic mass is 16.5. The van der Waals surface area contributed by atoms with Crippen molar-refractivity contribution in [1.82, 2.24) is 15.1 Å². The van der Waals surface area contributed by atoms with E-state index >= 15 is 0 Å². The average molecular weight is 261 g/mol. The van der Waals surface area contributed by atoms with E-state index in [1.54, 1.807) is 0 Å². The van der Waals surface area contributed by atoms with Crippen LogP contribution in [0.2, 0.25) is 0 Å². The summed E-state index contributed by atoms with van der Waals surface area (Å²) in [4.78, 5) is 16.3. The highest BCUT2D eigenvalue weighted by molar-refractivity contribution is 5.88. The number of allylic oxidation sites excluding steroid dienone is 2. The second-order valence-electron chi connectivity index (χ2n) is 4.86. The molecule has 3 aliphatic heterocycles. The molecule has 1 fully saturated rings. The predicted octanol–water partition coefficient (Wildman–Crippen LogP) is 1.13. The Kier molecular flexibility index (Phi) is 3.19. The Morgan fingerprint density at radius 1 is 1.47 bits per heavy atom. The number of hydrogen-bond acceptors (Lipinski definition) is 5. The molecule has 1 saturated heterocycles. The maximum Gasteiger partial charge on any atom is 0.355 e. The molecule has 0 aliphatic carbocycles. The number of carbonyl (C=O) groups is 1. The van der Waals surface area contributed by atoms with Crippen LogP contribution in [0.4, 0.5) is 0 Å². The summed E-state index contributed by atoms with van der Waals surface area (Å²) in [5.74, 6) is 0.878. The Labute approximate surface area is 113 Å². The molecular formula is C14H19N3O2. The molecule has 5 heteroatoms. The van der Waals surface area contributed by atoms with Crippen molar-refractivity contribution in [3.63, 3.8) is 0 Å². The monoisotopic (exact) mass is 261 g/mol. The summed E-state index contributed by atoms with van der Waals surface area (Å²) >= 11 is 0. The summed E-state index contributed by atoms with van der Waals surface area (Å²) in [5, 5.41) is 3.19. The van der Waals surface area contributed by atoms with Gasteiger partial charge in [-0.05, 0) is 31.9 Å². The highest BCUT2D eigenvalue weighted by Crippen LogP contribution is 2.27. The van der Waals surface area contributed by atoms with E-state index in [9.17, 15) is 4.79 Å². The van der Waals surface area contributed by atoms with E-state index < -0.39 is 0 Å². The first-order chi connectivity index (χ1) is 9.29. The molecule has 5 nitrogen and oxygen atoms in total. The van der Waals surface area contributed by atoms with Gasteiger partial charge in [0.2, 0.25) is 0 Å². The van der Waals surface area contributed by atoms with Gasteiger partial charge in [0, 0.05) is 19.3 Å². The Morgan fingerprint density at radius 2 is 2.26 bits per heavy atom. The Morgan fingerprint density at radius 3 is 3.00 bits per heavy atom. The van der Waals surface area contributed by atoms with E-state index in [1.807, 2.05) is 25.3 Å². The number of nitrogens with zero attached hydrogens (tertiary/aromatic N) is 2. The van der Waals surface area contributed by atoms with Crippen LogP contribution in [0.5, 0.6) is 0 Å². The lowest BCUT2D eigenvalue weighted by molar-refractivity contribution is -0.138. The maximum absolute atomic E-state index is 11.8. The average Bonchev–Trinajstić information content (AvgIpc) is 3.07. The van der Waals surface area contributed by atoms with Gasteiger partial charge in [-0.2, -0.15) is 0 Å². The normalized spacial score (nSPS) is 24.8. The van der Waals surface area contributed by atoms with Crippen LogP contribution >= 0.6 is 0 Å². The van der Waals surface area contributed by atoms with Crippen molar-refractivity contribution in [2.75, 3.05) is 19.7 Å². The predicted molar refractivity (Wildman–Crippen MR) is 71.5 cm³/mol. The quantitative estimate of drug-likeness (QED) is 0.772. The molecule has 19 heavy (non-hydrogen) atoms. The minimum atomic E-state index is -0.286. The molecule has 0 spiro atoms. The molecule has 0 aromatic carbocycles. The molecule has 0 amide bonds. The molecule has 0 aromatic heterocycles. The molecule has 0 unspecified atom stereocenters. The fraction of sp³-hybridized carbons (Fsp3) is 0.500. The van der Waals surface area contributed by atoms with Gasteiger partial charge in [-0.15, -0.1) is 0 Å². The molecule has 3 aliphatic rings. The Hall–Kier alpha value is -1.91. The first-order valence-corrected chi connectivity index (χ1v) is 6.87. The SMILES string of the molecule is CCOC(=O)C1=CN2C(N3CCCC3)=CC=C[C@@H]2N1. The number of hydrogen-bond donors (Lipinski definition) is 1. The van der Waals surface area contributed by atoms with Crippen LogP contribution in [0, 0.1) is 0 Å². The van der Waals surface area contributed by atoms with E-state index in [4.69, 9.17) is 4.74 Å². The molecule has 1 atom stereocenters. The van der Waals surface area contributed by atoms with Gasteiger partial charge < -0.3 is 19.9 Å². The smallest absolute Gasteiger partial charge is 0.355 e. The summed E-state index contributed by atoms with van der Waals surface area (Å²) in [6.07, 6.45) is 10.6. The van der Waals surface area contributed by atoms with Crippen molar-refractivity contribution < 1.29 is 9.53 Å². The fourth-order valence-electron chi connectivity index (χ4n) is 2.70. The number of rotatable bonds is 3. The number of nitrogens with one attached hydrogen (secondary N) is 1. The molecule has 102 valence electrons. The first-order valence-electron chi connectivity index (χ1n) is 6.87. The lowest BCUT2D eigenvalue weighted by Gasteiger charge is -2.34. The van der Waals surface area contributed by atoms with Gasteiger partial charge >= 0.3 is 5.97 Å². The topological polar surface area (TPSA) is 44.8 Å². The van der Waals surface area contributed by atoms with E-state index in [1.165, 1.54) is 12.8 Å². The third-order valence-corrected chi connectivity index (χ3v) is 3.60. The molecule has 0 saturated carbocycles. The summed E-state index contributed by atoms with van der Waals surface area (Å²) < 4.78 is 5.04. The highest BCUT2D eigenvalue weighted by Gasteiger charge is 2.32. The largest absolute Gasteiger partial charge is 0.461 e. The number of ether oxygens (including phenoxy) is 1. The van der Waals surface area contributed by atoms with Crippen LogP contribution in [0.15, 0.2) is 35.9 Å². The lowest BCUT2D eigenvalue weighted by Crippen LogP contribution is -2.41. The third kappa shape index (κ3) is 2.20. The maximum atomic E-state index is 11.8. The second kappa shape index (κ2) is 4.99. The summed E-state index contributed by atoms with van der Waals surface area (Å²) in [6.45, 7) is 4.39. The molecule has 0 radical (unpaired) electrons. The second-order valence-corrected chi connectivity index (χ2v) is 4.86. The molecule has 0 aromatic rings. The van der Waals surface area contributed by atoms with Gasteiger partial charge in [-0.3, -0.25) is 0 Å². The minimum Gasteiger partial charge on any atom is -0.461 e. The van der Waals surface area contributed by atoms with Gasteiger partial charge in [0.25, 0.3) is 0 Å². The van der Waals surface area contributed by atoms with Crippen molar-refractivity contribution in [1.29, 1.82) is 0 Å².